The third-order valence-electron chi connectivity index (χ3n) is 3.63. The molecule has 2 aromatic carbocycles. The van der Waals surface area contributed by atoms with Gasteiger partial charge < -0.3 is 9.47 Å². The lowest BCUT2D eigenvalue weighted by Gasteiger charge is -2.17. The molecule has 0 bridgehead atoms. The van der Waals surface area contributed by atoms with E-state index >= 15 is 0 Å². The lowest BCUT2D eigenvalue weighted by Crippen LogP contribution is -2.12. The fourth-order valence-electron chi connectivity index (χ4n) is 2.43. The summed E-state index contributed by atoms with van der Waals surface area (Å²) < 4.78 is 23.9. The summed E-state index contributed by atoms with van der Waals surface area (Å²) >= 11 is 1.53. The average molecular weight is 330 g/mol. The Balaban J connectivity index is 1.99. The summed E-state index contributed by atoms with van der Waals surface area (Å²) in [5, 5.41) is 0. The number of fused-ring (bicyclic) bond motifs is 1. The van der Waals surface area contributed by atoms with Crippen molar-refractivity contribution < 1.29 is 18.7 Å². The summed E-state index contributed by atoms with van der Waals surface area (Å²) in [6.07, 6.45) is 1.79. The van der Waals surface area contributed by atoms with E-state index < -0.39 is 5.82 Å². The van der Waals surface area contributed by atoms with Gasteiger partial charge in [-0.05, 0) is 36.4 Å². The van der Waals surface area contributed by atoms with Crippen molar-refractivity contribution in [1.82, 2.24) is 0 Å². The monoisotopic (exact) mass is 330 g/mol. The molecule has 0 aromatic heterocycles. The van der Waals surface area contributed by atoms with Gasteiger partial charge >= 0.3 is 0 Å². The van der Waals surface area contributed by atoms with E-state index in [0.29, 0.717) is 28.4 Å². The normalized spacial score (nSPS) is 15.4. The van der Waals surface area contributed by atoms with E-state index in [9.17, 15) is 9.18 Å². The highest BCUT2D eigenvalue weighted by molar-refractivity contribution is 7.99. The number of ketones is 1. The van der Waals surface area contributed by atoms with Crippen LogP contribution in [0.2, 0.25) is 0 Å². The molecular weight excluding hydrogens is 315 g/mol. The first-order valence-electron chi connectivity index (χ1n) is 7.02. The van der Waals surface area contributed by atoms with Gasteiger partial charge in [-0.25, -0.2) is 4.39 Å². The van der Waals surface area contributed by atoms with Crippen molar-refractivity contribution in [3.05, 3.63) is 58.9 Å². The molecule has 3 rings (SSSR count). The summed E-state index contributed by atoms with van der Waals surface area (Å²) in [5.41, 5.74) is 1.83. The second-order valence-corrected chi connectivity index (χ2v) is 6.05. The van der Waals surface area contributed by atoms with Crippen molar-refractivity contribution in [3.8, 4) is 11.5 Å². The number of rotatable bonds is 3. The summed E-state index contributed by atoms with van der Waals surface area (Å²) in [7, 11) is 3.15. The lowest BCUT2D eigenvalue weighted by atomic mass is 10.0. The average Bonchev–Trinajstić information content (AvgIpc) is 2.58. The van der Waals surface area contributed by atoms with Crippen LogP contribution in [-0.4, -0.2) is 25.8 Å². The van der Waals surface area contributed by atoms with Crippen molar-refractivity contribution >= 4 is 23.6 Å². The molecule has 0 radical (unpaired) electrons. The third-order valence-corrected chi connectivity index (χ3v) is 4.75. The maximum absolute atomic E-state index is 13.4. The number of carbonyl (C=O) groups excluding carboxylic acids is 1. The molecule has 0 saturated carbocycles. The number of Topliss-reactive ketones (excluding diaryl/α,β-unsaturated/α-hetero) is 1. The zero-order chi connectivity index (χ0) is 16.4. The predicted octanol–water partition coefficient (Wildman–Crippen LogP) is 4.21. The molecule has 3 nitrogen and oxygen atoms in total. The van der Waals surface area contributed by atoms with Gasteiger partial charge in [-0.3, -0.25) is 4.79 Å². The van der Waals surface area contributed by atoms with Gasteiger partial charge in [-0.1, -0.05) is 0 Å². The Morgan fingerprint density at radius 3 is 2.70 bits per heavy atom. The second-order valence-electron chi connectivity index (χ2n) is 5.04. The van der Waals surface area contributed by atoms with Gasteiger partial charge in [0.2, 0.25) is 0 Å². The molecular formula is C18H15FO3S. The van der Waals surface area contributed by atoms with E-state index in [0.717, 1.165) is 10.5 Å². The van der Waals surface area contributed by atoms with Crippen LogP contribution >= 0.6 is 11.8 Å². The summed E-state index contributed by atoms with van der Waals surface area (Å²) in [4.78, 5) is 13.4. The second kappa shape index (κ2) is 6.46. The van der Waals surface area contributed by atoms with E-state index in [1.165, 1.54) is 23.9 Å². The van der Waals surface area contributed by atoms with Crippen LogP contribution in [0.3, 0.4) is 0 Å². The Hall–Kier alpha value is -2.27. The summed E-state index contributed by atoms with van der Waals surface area (Å²) in [6.45, 7) is 0. The van der Waals surface area contributed by atoms with Crippen molar-refractivity contribution in [1.29, 1.82) is 0 Å². The van der Waals surface area contributed by atoms with Crippen LogP contribution < -0.4 is 9.47 Å². The Morgan fingerprint density at radius 1 is 1.13 bits per heavy atom. The number of ether oxygens (including phenoxy) is 2. The number of carbonyl (C=O) groups is 1. The van der Waals surface area contributed by atoms with E-state index in [1.807, 2.05) is 12.1 Å². The lowest BCUT2D eigenvalue weighted by molar-refractivity contribution is 0.103. The molecule has 23 heavy (non-hydrogen) atoms. The van der Waals surface area contributed by atoms with Gasteiger partial charge in [0.05, 0.1) is 14.2 Å². The van der Waals surface area contributed by atoms with E-state index in [4.69, 9.17) is 9.47 Å². The summed E-state index contributed by atoms with van der Waals surface area (Å²) in [6, 6.07) is 9.73. The molecule has 0 N–H and O–H groups in total. The topological polar surface area (TPSA) is 35.5 Å². The number of benzene rings is 2. The van der Waals surface area contributed by atoms with Crippen LogP contribution in [0.25, 0.3) is 6.08 Å². The van der Waals surface area contributed by atoms with Crippen LogP contribution in [0.1, 0.15) is 15.9 Å². The number of thioether (sulfide) groups is 1. The van der Waals surface area contributed by atoms with Gasteiger partial charge in [0.25, 0.3) is 0 Å². The van der Waals surface area contributed by atoms with Gasteiger partial charge in [-0.15, -0.1) is 11.8 Å². The zero-order valence-electron chi connectivity index (χ0n) is 12.8. The highest BCUT2D eigenvalue weighted by Crippen LogP contribution is 2.35. The van der Waals surface area contributed by atoms with Crippen LogP contribution in [-0.2, 0) is 0 Å². The fraction of sp³-hybridized carbons (Fsp3) is 0.167. The minimum absolute atomic E-state index is 0.142. The van der Waals surface area contributed by atoms with Crippen LogP contribution in [0, 0.1) is 5.82 Å². The highest BCUT2D eigenvalue weighted by Gasteiger charge is 2.23. The largest absolute Gasteiger partial charge is 0.497 e. The Labute approximate surface area is 138 Å². The number of hydrogen-bond donors (Lipinski definition) is 0. The summed E-state index contributed by atoms with van der Waals surface area (Å²) in [5.74, 6) is 1.31. The van der Waals surface area contributed by atoms with Gasteiger partial charge in [0.15, 0.2) is 5.78 Å². The van der Waals surface area contributed by atoms with Crippen molar-refractivity contribution in [3.63, 3.8) is 0 Å². The molecule has 0 amide bonds. The van der Waals surface area contributed by atoms with E-state index in [-0.39, 0.29) is 5.78 Å². The molecule has 0 spiro atoms. The molecule has 2 aromatic rings. The quantitative estimate of drug-likeness (QED) is 0.790. The molecule has 1 heterocycles. The molecule has 1 aliphatic heterocycles. The molecule has 1 aliphatic rings. The first kappa shape index (κ1) is 15.6. The zero-order valence-corrected chi connectivity index (χ0v) is 13.6. The van der Waals surface area contributed by atoms with Crippen molar-refractivity contribution in [2.24, 2.45) is 0 Å². The Bertz CT molecular complexity index is 799. The van der Waals surface area contributed by atoms with Crippen LogP contribution in [0.4, 0.5) is 4.39 Å². The van der Waals surface area contributed by atoms with Crippen molar-refractivity contribution in [2.45, 2.75) is 4.90 Å². The minimum atomic E-state index is -0.402. The molecule has 0 fully saturated rings. The molecule has 5 heteroatoms. The maximum Gasteiger partial charge on any atom is 0.191 e. The minimum Gasteiger partial charge on any atom is -0.497 e. The first-order valence-corrected chi connectivity index (χ1v) is 8.00. The first-order chi connectivity index (χ1) is 11.1. The molecule has 0 aliphatic carbocycles. The fourth-order valence-corrected chi connectivity index (χ4v) is 3.43. The Kier molecular flexibility index (Phi) is 4.39. The standard InChI is InChI=1S/C18H15FO3S/c1-21-14-5-3-11(16(9-14)22-2)7-12-10-23-17-6-4-13(19)8-15(17)18(12)20/h3-9H,10H2,1-2H3. The van der Waals surface area contributed by atoms with Crippen molar-refractivity contribution in [2.75, 3.05) is 20.0 Å². The SMILES string of the molecule is COc1ccc(C=C2CSc3ccc(F)cc3C2=O)c(OC)c1. The van der Waals surface area contributed by atoms with Gasteiger partial charge in [0.1, 0.15) is 17.3 Å². The van der Waals surface area contributed by atoms with Gasteiger partial charge in [-0.2, -0.15) is 0 Å². The number of hydrogen-bond acceptors (Lipinski definition) is 4. The maximum atomic E-state index is 13.4. The molecule has 0 unspecified atom stereocenters. The molecule has 0 saturated heterocycles. The van der Waals surface area contributed by atoms with E-state index in [2.05, 4.69) is 0 Å². The number of methoxy groups -OCH3 is 2. The predicted molar refractivity (Wildman–Crippen MR) is 89.0 cm³/mol. The molecule has 118 valence electrons. The Morgan fingerprint density at radius 2 is 1.96 bits per heavy atom. The number of halogens is 1. The van der Waals surface area contributed by atoms with Crippen LogP contribution in [0.15, 0.2) is 46.9 Å². The van der Waals surface area contributed by atoms with E-state index in [1.54, 1.807) is 32.4 Å². The van der Waals surface area contributed by atoms with Crippen LogP contribution in [0.5, 0.6) is 11.5 Å². The third kappa shape index (κ3) is 3.10. The van der Waals surface area contributed by atoms with Gasteiger partial charge in [0, 0.05) is 33.4 Å². The smallest absolute Gasteiger partial charge is 0.191 e. The highest BCUT2D eigenvalue weighted by atomic mass is 32.2. The molecule has 0 atom stereocenters.